The van der Waals surface area contributed by atoms with Crippen LogP contribution in [0.5, 0.6) is 0 Å². The van der Waals surface area contributed by atoms with E-state index in [4.69, 9.17) is 5.11 Å². The van der Waals surface area contributed by atoms with Gasteiger partial charge in [0.25, 0.3) is 0 Å². The molecule has 0 rings (SSSR count). The molecule has 0 amide bonds. The number of hydrogen-bond donors (Lipinski definition) is 1. The molecule has 0 aliphatic rings. The van der Waals surface area contributed by atoms with Crippen LogP contribution in [0.3, 0.4) is 0 Å². The van der Waals surface area contributed by atoms with Gasteiger partial charge in [0.05, 0.1) is 0 Å². The van der Waals surface area contributed by atoms with Crippen molar-refractivity contribution in [2.45, 2.75) is 58.3 Å². The maximum absolute atomic E-state index is 10.2. The first kappa shape index (κ1) is 21.9. The van der Waals surface area contributed by atoms with Crippen molar-refractivity contribution < 1.29 is 9.90 Å². The van der Waals surface area contributed by atoms with Crippen molar-refractivity contribution in [3.05, 3.63) is 72.9 Å². The fourth-order valence-corrected chi connectivity index (χ4v) is 2.05. The van der Waals surface area contributed by atoms with E-state index < -0.39 is 5.97 Å². The lowest BCUT2D eigenvalue weighted by molar-refractivity contribution is -0.131. The Balaban J connectivity index is 3.57. The lowest BCUT2D eigenvalue weighted by Gasteiger charge is -1.98. The summed E-state index contributed by atoms with van der Waals surface area (Å²) in [4.78, 5) is 10.2. The zero-order valence-electron chi connectivity index (χ0n) is 14.9. The molecule has 0 aromatic rings. The Morgan fingerprint density at radius 2 is 1.12 bits per heavy atom. The van der Waals surface area contributed by atoms with Crippen molar-refractivity contribution in [3.8, 4) is 0 Å². The van der Waals surface area contributed by atoms with Crippen LogP contribution in [0, 0.1) is 0 Å². The van der Waals surface area contributed by atoms with Crippen LogP contribution in [-0.2, 0) is 4.79 Å². The molecule has 0 aliphatic heterocycles. The zero-order chi connectivity index (χ0) is 17.7. The van der Waals surface area contributed by atoms with Gasteiger partial charge in [-0.1, -0.05) is 112 Å². The van der Waals surface area contributed by atoms with E-state index in [0.717, 1.165) is 12.5 Å². The van der Waals surface area contributed by atoms with Crippen LogP contribution in [-0.4, -0.2) is 11.1 Å². The van der Waals surface area contributed by atoms with Crippen molar-refractivity contribution >= 4 is 5.97 Å². The average molecular weight is 328 g/mol. The average Bonchev–Trinajstić information content (AvgIpc) is 2.56. The van der Waals surface area contributed by atoms with Gasteiger partial charge in [-0.25, -0.2) is 4.79 Å². The van der Waals surface area contributed by atoms with Crippen LogP contribution in [0.2, 0.25) is 0 Å². The largest absolute Gasteiger partial charge is 0.478 e. The summed E-state index contributed by atoms with van der Waals surface area (Å²) < 4.78 is 0. The van der Waals surface area contributed by atoms with Gasteiger partial charge in [-0.15, -0.1) is 0 Å². The molecule has 0 saturated carbocycles. The summed E-state index contributed by atoms with van der Waals surface area (Å²) in [5.74, 6) is -0.936. The van der Waals surface area contributed by atoms with Crippen LogP contribution < -0.4 is 0 Å². The second-order valence-corrected chi connectivity index (χ2v) is 5.58. The van der Waals surface area contributed by atoms with E-state index in [2.05, 4.69) is 19.1 Å². The van der Waals surface area contributed by atoms with Crippen molar-refractivity contribution in [1.29, 1.82) is 0 Å². The van der Waals surface area contributed by atoms with Gasteiger partial charge < -0.3 is 5.11 Å². The third-order valence-corrected chi connectivity index (χ3v) is 3.35. The predicted octanol–water partition coefficient (Wildman–Crippen LogP) is 6.55. The van der Waals surface area contributed by atoms with E-state index in [1.807, 2.05) is 36.5 Å². The Kier molecular flexibility index (Phi) is 17.3. The van der Waals surface area contributed by atoms with E-state index in [1.54, 1.807) is 12.2 Å². The Hall–Kier alpha value is -2.09. The monoisotopic (exact) mass is 328 g/mol. The highest BCUT2D eigenvalue weighted by Crippen LogP contribution is 2.08. The zero-order valence-corrected chi connectivity index (χ0v) is 14.9. The number of carbonyl (C=O) groups is 1. The van der Waals surface area contributed by atoms with E-state index >= 15 is 0 Å². The fraction of sp³-hybridized carbons (Fsp3) is 0.409. The molecule has 2 heteroatoms. The maximum Gasteiger partial charge on any atom is 0.328 e. The molecule has 0 aromatic heterocycles. The molecule has 0 aromatic carbocycles. The molecule has 1 N–H and O–H groups in total. The van der Waals surface area contributed by atoms with E-state index in [1.165, 1.54) is 51.0 Å². The van der Waals surface area contributed by atoms with Crippen molar-refractivity contribution in [2.24, 2.45) is 0 Å². The lowest BCUT2D eigenvalue weighted by atomic mass is 10.1. The summed E-state index contributed by atoms with van der Waals surface area (Å²) in [5.41, 5.74) is 0. The minimum atomic E-state index is -0.936. The van der Waals surface area contributed by atoms with Gasteiger partial charge in [-0.2, -0.15) is 0 Å². The SMILES string of the molecule is CCCCCCCCCC=CC=CC=CC=C/C=C/C=C\C(=O)O. The first-order valence-electron chi connectivity index (χ1n) is 9.00. The third kappa shape index (κ3) is 19.9. The highest BCUT2D eigenvalue weighted by molar-refractivity contribution is 5.80. The number of unbranched alkanes of at least 4 members (excludes halogenated alkanes) is 7. The molecule has 0 saturated heterocycles. The summed E-state index contributed by atoms with van der Waals surface area (Å²) >= 11 is 0. The summed E-state index contributed by atoms with van der Waals surface area (Å²) in [6, 6.07) is 0. The van der Waals surface area contributed by atoms with Gasteiger partial charge in [-0.05, 0) is 12.8 Å². The molecule has 0 bridgehead atoms. The normalized spacial score (nSPS) is 13.0. The standard InChI is InChI=1S/C22H32O2/c1-2-3-4-5-6-7-8-9-10-11-12-13-14-15-16-17-18-19-20-21-22(23)24/h10-21H,2-9H2,1H3,(H,23,24)/b11-10?,13-12?,15-14?,17-16?,19-18+,21-20-. The molecular formula is C22H32O2. The minimum Gasteiger partial charge on any atom is -0.478 e. The number of rotatable bonds is 14. The lowest BCUT2D eigenvalue weighted by Crippen LogP contribution is -1.84. The smallest absolute Gasteiger partial charge is 0.328 e. The highest BCUT2D eigenvalue weighted by Gasteiger charge is 1.88. The van der Waals surface area contributed by atoms with Gasteiger partial charge in [-0.3, -0.25) is 0 Å². The van der Waals surface area contributed by atoms with Gasteiger partial charge in [0.1, 0.15) is 0 Å². The first-order valence-corrected chi connectivity index (χ1v) is 9.00. The number of carboxylic acid groups (broad SMARTS) is 1. The van der Waals surface area contributed by atoms with Gasteiger partial charge in [0.2, 0.25) is 0 Å². The van der Waals surface area contributed by atoms with Crippen molar-refractivity contribution in [3.63, 3.8) is 0 Å². The van der Waals surface area contributed by atoms with Crippen LogP contribution in [0.1, 0.15) is 58.3 Å². The number of hydrogen-bond acceptors (Lipinski definition) is 1. The summed E-state index contributed by atoms with van der Waals surface area (Å²) in [6.45, 7) is 2.25. The van der Waals surface area contributed by atoms with E-state index in [0.29, 0.717) is 0 Å². The second-order valence-electron chi connectivity index (χ2n) is 5.58. The van der Waals surface area contributed by atoms with E-state index in [-0.39, 0.29) is 0 Å². The van der Waals surface area contributed by atoms with Crippen LogP contribution in [0.25, 0.3) is 0 Å². The summed E-state index contributed by atoms with van der Waals surface area (Å²) in [7, 11) is 0. The third-order valence-electron chi connectivity index (χ3n) is 3.35. The van der Waals surface area contributed by atoms with Crippen molar-refractivity contribution in [1.82, 2.24) is 0 Å². The quantitative estimate of drug-likeness (QED) is 0.223. The van der Waals surface area contributed by atoms with Crippen LogP contribution in [0.4, 0.5) is 0 Å². The van der Waals surface area contributed by atoms with Gasteiger partial charge in [0.15, 0.2) is 0 Å². The molecule has 0 aliphatic carbocycles. The fourth-order valence-electron chi connectivity index (χ4n) is 2.05. The Bertz CT molecular complexity index is 462. The van der Waals surface area contributed by atoms with Crippen LogP contribution in [0.15, 0.2) is 72.9 Å². The molecule has 0 heterocycles. The first-order chi connectivity index (χ1) is 11.8. The Morgan fingerprint density at radius 3 is 1.67 bits per heavy atom. The predicted molar refractivity (Wildman–Crippen MR) is 105 cm³/mol. The van der Waals surface area contributed by atoms with Gasteiger partial charge in [0, 0.05) is 6.08 Å². The minimum absolute atomic E-state index is 0.936. The number of carboxylic acids is 1. The molecule has 0 spiro atoms. The molecule has 0 fully saturated rings. The second kappa shape index (κ2) is 19.0. The maximum atomic E-state index is 10.2. The Morgan fingerprint density at radius 1 is 0.667 bits per heavy atom. The molecule has 24 heavy (non-hydrogen) atoms. The van der Waals surface area contributed by atoms with E-state index in [9.17, 15) is 4.79 Å². The Labute approximate surface area is 147 Å². The molecule has 0 unspecified atom stereocenters. The summed E-state index contributed by atoms with van der Waals surface area (Å²) in [6.07, 6.45) is 32.7. The molecule has 2 nitrogen and oxygen atoms in total. The van der Waals surface area contributed by atoms with Crippen LogP contribution >= 0.6 is 0 Å². The topological polar surface area (TPSA) is 37.3 Å². The molecule has 0 radical (unpaired) electrons. The number of aliphatic carboxylic acids is 1. The van der Waals surface area contributed by atoms with Crippen molar-refractivity contribution in [2.75, 3.05) is 0 Å². The summed E-state index contributed by atoms with van der Waals surface area (Å²) in [5, 5.41) is 8.39. The van der Waals surface area contributed by atoms with Gasteiger partial charge >= 0.3 is 5.97 Å². The molecule has 0 atom stereocenters. The molecule has 132 valence electrons. The highest BCUT2D eigenvalue weighted by atomic mass is 16.4. The number of allylic oxidation sites excluding steroid dienone is 11. The molecular weight excluding hydrogens is 296 g/mol.